The monoisotopic (exact) mass is 268 g/mol. The summed E-state index contributed by atoms with van der Waals surface area (Å²) < 4.78 is 0. The van der Waals surface area contributed by atoms with Crippen molar-refractivity contribution in [2.45, 2.75) is 43.2 Å². The van der Waals surface area contributed by atoms with E-state index in [2.05, 4.69) is 30.9 Å². The summed E-state index contributed by atoms with van der Waals surface area (Å²) in [4.78, 5) is 16.2. The molecule has 2 rings (SSSR count). The van der Waals surface area contributed by atoms with Crippen molar-refractivity contribution in [1.29, 1.82) is 0 Å². The highest BCUT2D eigenvalue weighted by Crippen LogP contribution is 2.40. The van der Waals surface area contributed by atoms with Gasteiger partial charge in [0.15, 0.2) is 0 Å². The summed E-state index contributed by atoms with van der Waals surface area (Å²) in [7, 11) is 6.33. The predicted octanol–water partition coefficient (Wildman–Crippen LogP) is -0.00470. The topological polar surface area (TPSA) is 75.6 Å². The summed E-state index contributed by atoms with van der Waals surface area (Å²) in [6, 6.07) is 0. The van der Waals surface area contributed by atoms with Gasteiger partial charge in [-0.2, -0.15) is 0 Å². The quantitative estimate of drug-likeness (QED) is 0.681. The molecule has 5 nitrogen and oxygen atoms in total. The molecule has 2 saturated carbocycles. The van der Waals surface area contributed by atoms with Gasteiger partial charge < -0.3 is 21.3 Å². The average molecular weight is 268 g/mol. The fourth-order valence-corrected chi connectivity index (χ4v) is 3.34. The van der Waals surface area contributed by atoms with Crippen LogP contribution in [0.5, 0.6) is 0 Å². The minimum Gasteiger partial charge on any atom is -0.368 e. The Balaban J connectivity index is 1.96. The van der Waals surface area contributed by atoms with Gasteiger partial charge in [-0.3, -0.25) is 4.79 Å². The summed E-state index contributed by atoms with van der Waals surface area (Å²) in [6.45, 7) is 1.53. The van der Waals surface area contributed by atoms with Crippen molar-refractivity contribution < 1.29 is 4.79 Å². The van der Waals surface area contributed by atoms with E-state index in [1.54, 1.807) is 0 Å². The lowest BCUT2D eigenvalue weighted by Gasteiger charge is -2.50. The van der Waals surface area contributed by atoms with Gasteiger partial charge in [0.2, 0.25) is 5.91 Å². The molecule has 0 radical (unpaired) electrons. The summed E-state index contributed by atoms with van der Waals surface area (Å²) in [6.07, 6.45) is 5.81. The molecule has 1 amide bonds. The number of amides is 1. The Morgan fingerprint density at radius 2 is 1.89 bits per heavy atom. The summed E-state index contributed by atoms with van der Waals surface area (Å²) in [5, 5.41) is 0. The Kier molecular flexibility index (Phi) is 3.91. The molecule has 0 aromatic heterocycles. The first-order valence-electron chi connectivity index (χ1n) is 7.25. The Hall–Kier alpha value is -0.650. The lowest BCUT2D eigenvalue weighted by atomic mass is 9.75. The molecule has 0 saturated heterocycles. The molecule has 110 valence electrons. The molecule has 2 aliphatic rings. The molecule has 1 atom stereocenters. The Bertz CT molecular complexity index is 349. The zero-order valence-corrected chi connectivity index (χ0v) is 12.5. The predicted molar refractivity (Wildman–Crippen MR) is 76.6 cm³/mol. The van der Waals surface area contributed by atoms with Gasteiger partial charge in [-0.1, -0.05) is 0 Å². The van der Waals surface area contributed by atoms with Crippen LogP contribution in [-0.2, 0) is 4.79 Å². The first-order chi connectivity index (χ1) is 8.80. The number of primary amides is 1. The van der Waals surface area contributed by atoms with Crippen LogP contribution >= 0.6 is 0 Å². The van der Waals surface area contributed by atoms with Crippen LogP contribution in [0.15, 0.2) is 0 Å². The van der Waals surface area contributed by atoms with E-state index >= 15 is 0 Å². The Morgan fingerprint density at radius 3 is 2.21 bits per heavy atom. The molecular weight excluding hydrogens is 240 g/mol. The van der Waals surface area contributed by atoms with Gasteiger partial charge in [-0.15, -0.1) is 0 Å². The van der Waals surface area contributed by atoms with E-state index in [0.29, 0.717) is 6.54 Å². The van der Waals surface area contributed by atoms with Crippen molar-refractivity contribution in [2.24, 2.45) is 17.4 Å². The van der Waals surface area contributed by atoms with Crippen LogP contribution in [0.25, 0.3) is 0 Å². The number of rotatable bonds is 7. The van der Waals surface area contributed by atoms with Crippen molar-refractivity contribution in [3.63, 3.8) is 0 Å². The van der Waals surface area contributed by atoms with Crippen molar-refractivity contribution in [2.75, 3.05) is 34.2 Å². The Labute approximate surface area is 116 Å². The zero-order chi connectivity index (χ0) is 14.3. The van der Waals surface area contributed by atoms with Crippen LogP contribution < -0.4 is 11.5 Å². The van der Waals surface area contributed by atoms with E-state index in [1.807, 2.05) is 0 Å². The second kappa shape index (κ2) is 5.04. The second-order valence-electron chi connectivity index (χ2n) is 6.82. The van der Waals surface area contributed by atoms with Gasteiger partial charge in [0.1, 0.15) is 5.54 Å². The number of nitrogens with two attached hydrogens (primary N) is 2. The smallest absolute Gasteiger partial charge is 0.239 e. The number of nitrogens with zero attached hydrogens (tertiary/aromatic N) is 2. The molecule has 0 aromatic rings. The number of hydrogen-bond acceptors (Lipinski definition) is 4. The van der Waals surface area contributed by atoms with Crippen molar-refractivity contribution in [1.82, 2.24) is 9.80 Å². The molecule has 2 aliphatic carbocycles. The minimum absolute atomic E-state index is 0.261. The van der Waals surface area contributed by atoms with Crippen LogP contribution in [-0.4, -0.2) is 61.0 Å². The third-order valence-corrected chi connectivity index (χ3v) is 5.09. The van der Waals surface area contributed by atoms with Gasteiger partial charge in [0.05, 0.1) is 0 Å². The fraction of sp³-hybridized carbons (Fsp3) is 0.929. The van der Waals surface area contributed by atoms with Crippen LogP contribution in [0.1, 0.15) is 32.1 Å². The van der Waals surface area contributed by atoms with Crippen LogP contribution in [0.2, 0.25) is 0 Å². The SMILES string of the molecule is CN(CC(N)(C(N)=O)C1CC1)CC1(N(C)C)CCC1. The first kappa shape index (κ1) is 14.8. The summed E-state index contributed by atoms with van der Waals surface area (Å²) in [5.41, 5.74) is 11.2. The third-order valence-electron chi connectivity index (χ3n) is 5.09. The molecule has 4 N–H and O–H groups in total. The van der Waals surface area contributed by atoms with Crippen LogP contribution in [0.3, 0.4) is 0 Å². The van der Waals surface area contributed by atoms with Gasteiger partial charge in [0.25, 0.3) is 0 Å². The summed E-state index contributed by atoms with van der Waals surface area (Å²) in [5.74, 6) is -0.0708. The maximum Gasteiger partial charge on any atom is 0.239 e. The standard InChI is InChI=1S/C14H28N4O/c1-17(2)13(7-4-8-13)9-18(3)10-14(16,12(15)19)11-5-6-11/h11H,4-10,16H2,1-3H3,(H2,15,19). The molecule has 0 aromatic carbocycles. The van der Waals surface area contributed by atoms with E-state index < -0.39 is 5.54 Å². The fourth-order valence-electron chi connectivity index (χ4n) is 3.34. The molecule has 0 spiro atoms. The van der Waals surface area contributed by atoms with Gasteiger partial charge in [0, 0.05) is 18.6 Å². The minimum atomic E-state index is -0.841. The number of carbonyl (C=O) groups is 1. The first-order valence-corrected chi connectivity index (χ1v) is 7.25. The lowest BCUT2D eigenvalue weighted by molar-refractivity contribution is -0.124. The molecule has 19 heavy (non-hydrogen) atoms. The molecular formula is C14H28N4O. The van der Waals surface area contributed by atoms with Crippen molar-refractivity contribution in [3.05, 3.63) is 0 Å². The van der Waals surface area contributed by atoms with Crippen molar-refractivity contribution in [3.8, 4) is 0 Å². The van der Waals surface area contributed by atoms with Crippen LogP contribution in [0.4, 0.5) is 0 Å². The highest BCUT2D eigenvalue weighted by atomic mass is 16.1. The Morgan fingerprint density at radius 1 is 1.32 bits per heavy atom. The van der Waals surface area contributed by atoms with E-state index in [9.17, 15) is 4.79 Å². The van der Waals surface area contributed by atoms with Gasteiger partial charge in [-0.05, 0) is 59.2 Å². The van der Waals surface area contributed by atoms with Gasteiger partial charge >= 0.3 is 0 Å². The van der Waals surface area contributed by atoms with Crippen molar-refractivity contribution >= 4 is 5.91 Å². The lowest BCUT2D eigenvalue weighted by Crippen LogP contribution is -2.63. The molecule has 1 unspecified atom stereocenters. The van der Waals surface area contributed by atoms with E-state index in [-0.39, 0.29) is 17.4 Å². The normalized spacial score (nSPS) is 25.2. The number of carbonyl (C=O) groups excluding carboxylic acids is 1. The zero-order valence-electron chi connectivity index (χ0n) is 12.5. The maximum atomic E-state index is 11.7. The third kappa shape index (κ3) is 2.78. The number of likely N-dealkylation sites (N-methyl/N-ethyl adjacent to an activating group) is 2. The largest absolute Gasteiger partial charge is 0.368 e. The van der Waals surface area contributed by atoms with E-state index in [4.69, 9.17) is 11.5 Å². The summed E-state index contributed by atoms with van der Waals surface area (Å²) >= 11 is 0. The van der Waals surface area contributed by atoms with E-state index in [0.717, 1.165) is 19.4 Å². The molecule has 0 bridgehead atoms. The molecule has 5 heteroatoms. The highest BCUT2D eigenvalue weighted by molar-refractivity contribution is 5.85. The second-order valence-corrected chi connectivity index (χ2v) is 6.82. The number of hydrogen-bond donors (Lipinski definition) is 2. The molecule has 2 fully saturated rings. The molecule has 0 heterocycles. The molecule has 0 aliphatic heterocycles. The van der Waals surface area contributed by atoms with E-state index in [1.165, 1.54) is 19.3 Å². The highest BCUT2D eigenvalue weighted by Gasteiger charge is 2.48. The van der Waals surface area contributed by atoms with Crippen LogP contribution in [0, 0.1) is 5.92 Å². The maximum absolute atomic E-state index is 11.7. The van der Waals surface area contributed by atoms with Gasteiger partial charge in [-0.25, -0.2) is 0 Å². The average Bonchev–Trinajstić information content (AvgIpc) is 3.06.